The standard InChI is InChI=1S/C20H27N3O2/c1-14(2)15-6-5-7-16(12-15)20(3,4)21-19(25)22-10-11-23(17-8-9-17)18(24)13-22/h5-7,12,17H,1,8-11,13H2,2-4H3,(H,21,25). The molecule has 134 valence electrons. The number of benzene rings is 1. The van der Waals surface area contributed by atoms with Crippen LogP contribution in [0.15, 0.2) is 30.8 Å². The highest BCUT2D eigenvalue weighted by Crippen LogP contribution is 2.28. The number of hydrogen-bond acceptors (Lipinski definition) is 2. The molecular formula is C20H27N3O2. The highest BCUT2D eigenvalue weighted by molar-refractivity contribution is 5.86. The summed E-state index contributed by atoms with van der Waals surface area (Å²) < 4.78 is 0. The first-order valence-corrected chi connectivity index (χ1v) is 8.91. The molecule has 0 radical (unpaired) electrons. The largest absolute Gasteiger partial charge is 0.336 e. The molecular weight excluding hydrogens is 314 g/mol. The lowest BCUT2D eigenvalue weighted by Gasteiger charge is -2.37. The molecule has 3 rings (SSSR count). The van der Waals surface area contributed by atoms with Gasteiger partial charge in [0, 0.05) is 19.1 Å². The van der Waals surface area contributed by atoms with Crippen molar-refractivity contribution in [1.29, 1.82) is 0 Å². The molecule has 1 aliphatic carbocycles. The molecule has 2 fully saturated rings. The van der Waals surface area contributed by atoms with Crippen LogP contribution in [-0.4, -0.2) is 47.4 Å². The zero-order valence-corrected chi connectivity index (χ0v) is 15.3. The maximum atomic E-state index is 12.7. The summed E-state index contributed by atoms with van der Waals surface area (Å²) in [6.07, 6.45) is 2.20. The number of carbonyl (C=O) groups is 2. The van der Waals surface area contributed by atoms with Crippen LogP contribution in [0.25, 0.3) is 5.57 Å². The number of hydrogen-bond donors (Lipinski definition) is 1. The lowest BCUT2D eigenvalue weighted by molar-refractivity contribution is -0.135. The SMILES string of the molecule is C=C(C)c1cccc(C(C)(C)NC(=O)N2CCN(C3CC3)C(=O)C2)c1. The molecule has 0 bridgehead atoms. The second kappa shape index (κ2) is 6.54. The van der Waals surface area contributed by atoms with Gasteiger partial charge in [-0.1, -0.05) is 30.4 Å². The zero-order chi connectivity index (χ0) is 18.2. The van der Waals surface area contributed by atoms with Crippen molar-refractivity contribution in [3.8, 4) is 0 Å². The van der Waals surface area contributed by atoms with Crippen molar-refractivity contribution in [3.05, 3.63) is 42.0 Å². The van der Waals surface area contributed by atoms with E-state index in [4.69, 9.17) is 0 Å². The van der Waals surface area contributed by atoms with Gasteiger partial charge in [0.2, 0.25) is 5.91 Å². The number of nitrogens with zero attached hydrogens (tertiary/aromatic N) is 2. The topological polar surface area (TPSA) is 52.7 Å². The first-order valence-electron chi connectivity index (χ1n) is 8.91. The molecule has 0 atom stereocenters. The molecule has 1 saturated carbocycles. The molecule has 25 heavy (non-hydrogen) atoms. The van der Waals surface area contributed by atoms with E-state index >= 15 is 0 Å². The van der Waals surface area contributed by atoms with E-state index in [2.05, 4.69) is 18.0 Å². The van der Waals surface area contributed by atoms with E-state index in [1.54, 1.807) is 4.90 Å². The molecule has 2 aliphatic rings. The van der Waals surface area contributed by atoms with E-state index in [1.807, 2.05) is 43.9 Å². The number of urea groups is 1. The number of rotatable bonds is 4. The first-order chi connectivity index (χ1) is 11.8. The molecule has 1 aliphatic heterocycles. The van der Waals surface area contributed by atoms with Crippen molar-refractivity contribution in [2.75, 3.05) is 19.6 Å². The quantitative estimate of drug-likeness (QED) is 0.915. The number of piperazine rings is 1. The Hall–Kier alpha value is -2.30. The smallest absolute Gasteiger partial charge is 0.318 e. The Balaban J connectivity index is 1.66. The summed E-state index contributed by atoms with van der Waals surface area (Å²) in [5.41, 5.74) is 2.54. The maximum Gasteiger partial charge on any atom is 0.318 e. The Morgan fingerprint density at radius 3 is 2.60 bits per heavy atom. The average molecular weight is 341 g/mol. The van der Waals surface area contributed by atoms with Crippen molar-refractivity contribution in [2.24, 2.45) is 0 Å². The molecule has 1 saturated heterocycles. The lowest BCUT2D eigenvalue weighted by Crippen LogP contribution is -2.57. The minimum Gasteiger partial charge on any atom is -0.336 e. The van der Waals surface area contributed by atoms with Crippen LogP contribution in [0.3, 0.4) is 0 Å². The van der Waals surface area contributed by atoms with Gasteiger partial charge in [0.25, 0.3) is 0 Å². The fourth-order valence-electron chi connectivity index (χ4n) is 3.22. The van der Waals surface area contributed by atoms with E-state index in [9.17, 15) is 9.59 Å². The first kappa shape index (κ1) is 17.5. The fourth-order valence-corrected chi connectivity index (χ4v) is 3.22. The van der Waals surface area contributed by atoms with Crippen LogP contribution in [0.5, 0.6) is 0 Å². The van der Waals surface area contributed by atoms with E-state index in [1.165, 1.54) is 0 Å². The molecule has 3 amide bonds. The number of allylic oxidation sites excluding steroid dienone is 1. The van der Waals surface area contributed by atoms with Gasteiger partial charge >= 0.3 is 6.03 Å². The van der Waals surface area contributed by atoms with Gasteiger partial charge in [0.05, 0.1) is 5.54 Å². The van der Waals surface area contributed by atoms with Gasteiger partial charge in [-0.05, 0) is 50.8 Å². The molecule has 0 spiro atoms. The molecule has 5 nitrogen and oxygen atoms in total. The van der Waals surface area contributed by atoms with Crippen LogP contribution in [0.2, 0.25) is 0 Å². The van der Waals surface area contributed by atoms with E-state index < -0.39 is 5.54 Å². The molecule has 5 heteroatoms. The third kappa shape index (κ3) is 3.86. The maximum absolute atomic E-state index is 12.7. The molecule has 1 aromatic carbocycles. The third-order valence-corrected chi connectivity index (χ3v) is 5.03. The number of amides is 3. The highest BCUT2D eigenvalue weighted by atomic mass is 16.2. The van der Waals surface area contributed by atoms with Crippen LogP contribution in [-0.2, 0) is 10.3 Å². The van der Waals surface area contributed by atoms with Gasteiger partial charge in [0.15, 0.2) is 0 Å². The van der Waals surface area contributed by atoms with Crippen LogP contribution >= 0.6 is 0 Å². The third-order valence-electron chi connectivity index (χ3n) is 5.03. The van der Waals surface area contributed by atoms with E-state index in [0.717, 1.165) is 29.5 Å². The monoisotopic (exact) mass is 341 g/mol. The lowest BCUT2D eigenvalue weighted by atomic mass is 9.92. The van der Waals surface area contributed by atoms with Crippen LogP contribution in [0.4, 0.5) is 4.79 Å². The van der Waals surface area contributed by atoms with E-state index in [0.29, 0.717) is 19.1 Å². The van der Waals surface area contributed by atoms with Crippen molar-refractivity contribution in [3.63, 3.8) is 0 Å². The fraction of sp³-hybridized carbons (Fsp3) is 0.500. The van der Waals surface area contributed by atoms with Gasteiger partial charge in [-0.15, -0.1) is 0 Å². The number of carbonyl (C=O) groups excluding carboxylic acids is 2. The van der Waals surface area contributed by atoms with Crippen LogP contribution in [0, 0.1) is 0 Å². The van der Waals surface area contributed by atoms with Gasteiger partial charge in [0.1, 0.15) is 6.54 Å². The van der Waals surface area contributed by atoms with Crippen molar-refractivity contribution >= 4 is 17.5 Å². The van der Waals surface area contributed by atoms with Gasteiger partial charge in [-0.3, -0.25) is 4.79 Å². The minimum absolute atomic E-state index is 0.0611. The Morgan fingerprint density at radius 1 is 1.28 bits per heavy atom. The van der Waals surface area contributed by atoms with E-state index in [-0.39, 0.29) is 18.5 Å². The van der Waals surface area contributed by atoms with Crippen LogP contribution < -0.4 is 5.32 Å². The Bertz CT molecular complexity index is 707. The molecule has 1 heterocycles. The summed E-state index contributed by atoms with van der Waals surface area (Å²) in [7, 11) is 0. The second-order valence-corrected chi connectivity index (χ2v) is 7.66. The van der Waals surface area contributed by atoms with Crippen molar-refractivity contribution < 1.29 is 9.59 Å². The number of nitrogens with one attached hydrogen (secondary N) is 1. The van der Waals surface area contributed by atoms with Gasteiger partial charge in [-0.2, -0.15) is 0 Å². The summed E-state index contributed by atoms with van der Waals surface area (Å²) in [4.78, 5) is 28.4. The predicted molar refractivity (Wildman–Crippen MR) is 99.0 cm³/mol. The molecule has 1 aromatic rings. The van der Waals surface area contributed by atoms with Crippen LogP contribution in [0.1, 0.15) is 44.7 Å². The summed E-state index contributed by atoms with van der Waals surface area (Å²) in [5.74, 6) is 0.0611. The second-order valence-electron chi connectivity index (χ2n) is 7.66. The average Bonchev–Trinajstić information content (AvgIpc) is 3.39. The Kier molecular flexibility index (Phi) is 4.58. The molecule has 0 unspecified atom stereocenters. The van der Waals surface area contributed by atoms with Crippen molar-refractivity contribution in [2.45, 2.75) is 45.2 Å². The zero-order valence-electron chi connectivity index (χ0n) is 15.3. The van der Waals surface area contributed by atoms with Gasteiger partial charge in [-0.25, -0.2) is 4.79 Å². The Morgan fingerprint density at radius 2 is 2.00 bits per heavy atom. The van der Waals surface area contributed by atoms with Crippen molar-refractivity contribution in [1.82, 2.24) is 15.1 Å². The normalized spacial score (nSPS) is 18.3. The summed E-state index contributed by atoms with van der Waals surface area (Å²) in [6.45, 7) is 11.3. The predicted octanol–water partition coefficient (Wildman–Crippen LogP) is 2.97. The molecule has 1 N–H and O–H groups in total. The summed E-state index contributed by atoms with van der Waals surface area (Å²) in [5, 5.41) is 3.08. The Labute approximate surface area is 149 Å². The highest BCUT2D eigenvalue weighted by Gasteiger charge is 2.37. The minimum atomic E-state index is -0.529. The summed E-state index contributed by atoms with van der Waals surface area (Å²) >= 11 is 0. The van der Waals surface area contributed by atoms with Gasteiger partial charge < -0.3 is 15.1 Å². The summed E-state index contributed by atoms with van der Waals surface area (Å²) in [6, 6.07) is 8.28. The molecule has 0 aromatic heterocycles.